The molecule has 2 saturated carbocycles. The Balaban J connectivity index is 0. The van der Waals surface area contributed by atoms with E-state index in [2.05, 4.69) is 11.9 Å². The molecule has 0 radical (unpaired) electrons. The molecule has 0 saturated heterocycles. The molecule has 0 spiro atoms. The fraction of sp³-hybridized carbons (Fsp3) is 0.833. The van der Waals surface area contributed by atoms with E-state index in [9.17, 15) is 4.79 Å². The van der Waals surface area contributed by atoms with Crippen LogP contribution in [0.3, 0.4) is 0 Å². The Morgan fingerprint density at radius 1 is 0.833 bits per heavy atom. The summed E-state index contributed by atoms with van der Waals surface area (Å²) < 4.78 is 0. The Labute approximate surface area is 145 Å². The first kappa shape index (κ1) is 24.4. The van der Waals surface area contributed by atoms with Crippen molar-refractivity contribution in [1.29, 1.82) is 10.8 Å². The van der Waals surface area contributed by atoms with Crippen LogP contribution in [-0.2, 0) is 14.4 Å². The van der Waals surface area contributed by atoms with Crippen molar-refractivity contribution in [3.63, 3.8) is 0 Å². The molecule has 2 rings (SSSR count). The summed E-state index contributed by atoms with van der Waals surface area (Å²) in [6, 6.07) is 0. The summed E-state index contributed by atoms with van der Waals surface area (Å²) in [6.07, 6.45) is 18.4. The summed E-state index contributed by atoms with van der Waals surface area (Å²) in [6.45, 7) is 3.05. The van der Waals surface area contributed by atoms with E-state index in [0.29, 0.717) is 6.54 Å². The van der Waals surface area contributed by atoms with Gasteiger partial charge in [-0.3, -0.25) is 0 Å². The number of nitrogens with one attached hydrogen (secondary N) is 2. The van der Waals surface area contributed by atoms with Crippen LogP contribution in [0.1, 0.15) is 77.6 Å². The molecule has 24 heavy (non-hydrogen) atoms. The molecule has 0 heterocycles. The van der Waals surface area contributed by atoms with E-state index < -0.39 is 0 Å². The molecular weight excluding hydrogens is 306 g/mol. The van der Waals surface area contributed by atoms with Gasteiger partial charge in [-0.2, -0.15) is 0 Å². The van der Waals surface area contributed by atoms with Crippen molar-refractivity contribution in [2.45, 2.75) is 77.6 Å². The molecule has 6 heteroatoms. The second-order valence-corrected chi connectivity index (χ2v) is 6.21. The first-order chi connectivity index (χ1) is 11.7. The Hall–Kier alpha value is -1.86. The van der Waals surface area contributed by atoms with Crippen LogP contribution in [0.4, 0.5) is 0 Å². The summed E-state index contributed by atoms with van der Waals surface area (Å²) in [5.41, 5.74) is 0. The van der Waals surface area contributed by atoms with Crippen molar-refractivity contribution in [3.05, 3.63) is 0 Å². The topological polar surface area (TPSA) is 111 Å². The van der Waals surface area contributed by atoms with Crippen LogP contribution in [-0.4, -0.2) is 24.8 Å². The fourth-order valence-electron chi connectivity index (χ4n) is 3.08. The minimum Gasteiger partial charge on any atom is -0.222 e. The number of aliphatic imine (C=N–C) groups is 1. The Morgan fingerprint density at radius 2 is 1.25 bits per heavy atom. The molecule has 0 aromatic heterocycles. The van der Waals surface area contributed by atoms with Gasteiger partial charge < -0.3 is 0 Å². The molecular formula is C18H31N3O3. The predicted octanol–water partition coefficient (Wildman–Crippen LogP) is 4.68. The number of hydrogen-bond acceptors (Lipinski definition) is 6. The Bertz CT molecular complexity index is 370. The van der Waals surface area contributed by atoms with Gasteiger partial charge in [0.2, 0.25) is 18.2 Å². The fourth-order valence-corrected chi connectivity index (χ4v) is 3.08. The van der Waals surface area contributed by atoms with Crippen molar-refractivity contribution in [2.75, 3.05) is 6.54 Å². The molecule has 0 unspecified atom stereocenters. The molecule has 0 aromatic carbocycles. The molecule has 2 aliphatic rings. The maximum Gasteiger partial charge on any atom is 0.234 e. The summed E-state index contributed by atoms with van der Waals surface area (Å²) in [5, 5.41) is 10.8. The smallest absolute Gasteiger partial charge is 0.222 e. The normalized spacial score (nSPS) is 16.9. The van der Waals surface area contributed by atoms with E-state index in [4.69, 9.17) is 20.4 Å². The van der Waals surface area contributed by atoms with Gasteiger partial charge in [-0.15, -0.1) is 0 Å². The van der Waals surface area contributed by atoms with E-state index in [1.165, 1.54) is 64.2 Å². The average molecular weight is 337 g/mol. The molecule has 136 valence electrons. The van der Waals surface area contributed by atoms with Crippen LogP contribution in [0.5, 0.6) is 0 Å². The van der Waals surface area contributed by atoms with Gasteiger partial charge in [-0.25, -0.2) is 30.2 Å². The van der Waals surface area contributed by atoms with Gasteiger partial charge >= 0.3 is 0 Å². The maximum absolute atomic E-state index is 9.75. The number of hydrogen-bond donors (Lipinski definition) is 2. The summed E-state index contributed by atoms with van der Waals surface area (Å²) in [5.74, 6) is 1.87. The first-order valence-corrected chi connectivity index (χ1v) is 8.77. The lowest BCUT2D eigenvalue weighted by Crippen LogP contribution is -2.07. The lowest BCUT2D eigenvalue weighted by Gasteiger charge is -2.19. The number of nitrogens with zero attached hydrogens (tertiary/aromatic N) is 1. The van der Waals surface area contributed by atoms with Crippen LogP contribution >= 0.6 is 0 Å². The zero-order chi connectivity index (χ0) is 18.5. The van der Waals surface area contributed by atoms with E-state index in [-0.39, 0.29) is 0 Å². The Kier molecular flexibility index (Phi) is 21.5. The van der Waals surface area contributed by atoms with E-state index >= 15 is 0 Å². The highest BCUT2D eigenvalue weighted by Gasteiger charge is 2.12. The van der Waals surface area contributed by atoms with Crippen LogP contribution in [0.2, 0.25) is 0 Å². The molecule has 2 N–H and O–H groups in total. The van der Waals surface area contributed by atoms with Gasteiger partial charge in [0.15, 0.2) is 0 Å². The average Bonchev–Trinajstić information content (AvgIpc) is 2.59. The largest absolute Gasteiger partial charge is 0.234 e. The molecule has 6 nitrogen and oxygen atoms in total. The third-order valence-electron chi connectivity index (χ3n) is 4.33. The van der Waals surface area contributed by atoms with Gasteiger partial charge in [-0.1, -0.05) is 71.1 Å². The highest BCUT2D eigenvalue weighted by atomic mass is 16.1. The molecule has 0 amide bonds. The van der Waals surface area contributed by atoms with Gasteiger partial charge in [0, 0.05) is 0 Å². The first-order valence-electron chi connectivity index (χ1n) is 8.77. The SMILES string of the molecule is CC1CCCCC1.N=C=O.N=C=O.O=C=NCCC1CCCCC1. The van der Waals surface area contributed by atoms with E-state index in [0.717, 1.165) is 30.4 Å². The quantitative estimate of drug-likeness (QED) is 0.576. The molecule has 0 bridgehead atoms. The minimum absolute atomic E-state index is 0.689. The highest BCUT2D eigenvalue weighted by Crippen LogP contribution is 2.25. The molecule has 2 fully saturated rings. The van der Waals surface area contributed by atoms with Gasteiger partial charge in [0.25, 0.3) is 0 Å². The molecule has 0 aromatic rings. The zero-order valence-corrected chi connectivity index (χ0v) is 14.8. The number of isocyanates is 3. The number of carbonyl (C=O) groups excluding carboxylic acids is 3. The standard InChI is InChI=1S/C9H15NO.C7H14.2CHNO/c11-8-10-7-6-9-4-2-1-3-5-9;1-7-5-3-2-4-6-7;2*2-1-3/h9H,1-7H2;7H,2-6H2,1H3;2*2H. The molecule has 0 aliphatic heterocycles. The van der Waals surface area contributed by atoms with Crippen molar-refractivity contribution in [3.8, 4) is 0 Å². The predicted molar refractivity (Wildman–Crippen MR) is 93.3 cm³/mol. The summed E-state index contributed by atoms with van der Waals surface area (Å²) >= 11 is 0. The zero-order valence-electron chi connectivity index (χ0n) is 14.8. The van der Waals surface area contributed by atoms with Crippen molar-refractivity contribution < 1.29 is 14.4 Å². The van der Waals surface area contributed by atoms with Crippen LogP contribution in [0, 0.1) is 22.7 Å². The Morgan fingerprint density at radius 3 is 1.58 bits per heavy atom. The third kappa shape index (κ3) is 20.1. The van der Waals surface area contributed by atoms with Crippen molar-refractivity contribution in [1.82, 2.24) is 0 Å². The molecule has 2 aliphatic carbocycles. The highest BCUT2D eigenvalue weighted by molar-refractivity contribution is 5.32. The van der Waals surface area contributed by atoms with Gasteiger partial charge in [0.05, 0.1) is 6.54 Å². The van der Waals surface area contributed by atoms with Crippen LogP contribution in [0.15, 0.2) is 4.99 Å². The lowest BCUT2D eigenvalue weighted by molar-refractivity contribution is 0.343. The summed E-state index contributed by atoms with van der Waals surface area (Å²) in [4.78, 5) is 30.0. The van der Waals surface area contributed by atoms with Gasteiger partial charge in [-0.05, 0) is 18.3 Å². The summed E-state index contributed by atoms with van der Waals surface area (Å²) in [7, 11) is 0. The second kappa shape index (κ2) is 21.1. The van der Waals surface area contributed by atoms with E-state index in [1.54, 1.807) is 6.08 Å². The second-order valence-electron chi connectivity index (χ2n) is 6.21. The third-order valence-corrected chi connectivity index (χ3v) is 4.33. The van der Waals surface area contributed by atoms with Crippen LogP contribution in [0.25, 0.3) is 0 Å². The monoisotopic (exact) mass is 337 g/mol. The van der Waals surface area contributed by atoms with Crippen LogP contribution < -0.4 is 0 Å². The van der Waals surface area contributed by atoms with Crippen molar-refractivity contribution in [2.24, 2.45) is 16.8 Å². The van der Waals surface area contributed by atoms with E-state index in [1.807, 2.05) is 0 Å². The van der Waals surface area contributed by atoms with Gasteiger partial charge in [0.1, 0.15) is 0 Å². The van der Waals surface area contributed by atoms with Crippen molar-refractivity contribution >= 4 is 18.2 Å². The lowest BCUT2D eigenvalue weighted by atomic mass is 9.87. The maximum atomic E-state index is 9.75. The minimum atomic E-state index is 0.689. The molecule has 0 atom stereocenters. The number of rotatable bonds is 3.